The molecule has 1 aliphatic heterocycles. The minimum atomic E-state index is 0.358. The van der Waals surface area contributed by atoms with Crippen molar-refractivity contribution in [1.29, 1.82) is 0 Å². The highest BCUT2D eigenvalue weighted by atomic mass is 32.1. The number of para-hydroxylation sites is 1. The molecule has 2 aromatic rings. The van der Waals surface area contributed by atoms with Gasteiger partial charge in [0.15, 0.2) is 0 Å². The Bertz CT molecular complexity index is 747. The molecule has 1 aromatic carbocycles. The zero-order valence-corrected chi connectivity index (χ0v) is 14.1. The Hall–Kier alpha value is -2.00. The molecule has 0 spiro atoms. The first-order chi connectivity index (χ1) is 11.2. The monoisotopic (exact) mass is 323 g/mol. The molecular weight excluding hydrogens is 302 g/mol. The standard InChI is InChI=1S/C20H21NOS/c1-13(2)12-22-17-9-4-8-15-14-6-3-7-16(14)20(21-19(15)17)18-10-5-11-23-18/h3-6,8-11,14,16,20-21H,1,7,12H2,2H3. The van der Waals surface area contributed by atoms with Crippen molar-refractivity contribution in [3.05, 3.63) is 70.5 Å². The fraction of sp³-hybridized carbons (Fsp3) is 0.300. The maximum atomic E-state index is 6.00. The summed E-state index contributed by atoms with van der Waals surface area (Å²) in [6.07, 6.45) is 5.83. The second-order valence-corrected chi connectivity index (χ2v) is 7.44. The molecule has 1 N–H and O–H groups in total. The van der Waals surface area contributed by atoms with Crippen molar-refractivity contribution in [2.24, 2.45) is 5.92 Å². The minimum Gasteiger partial charge on any atom is -0.487 e. The Morgan fingerprint density at radius 3 is 3.04 bits per heavy atom. The van der Waals surface area contributed by atoms with Crippen LogP contribution < -0.4 is 10.1 Å². The molecule has 0 saturated heterocycles. The van der Waals surface area contributed by atoms with Crippen LogP contribution in [0.5, 0.6) is 5.75 Å². The van der Waals surface area contributed by atoms with Gasteiger partial charge in [0.2, 0.25) is 0 Å². The van der Waals surface area contributed by atoms with Gasteiger partial charge in [0, 0.05) is 10.8 Å². The summed E-state index contributed by atoms with van der Waals surface area (Å²) in [4.78, 5) is 1.41. The number of hydrogen-bond donors (Lipinski definition) is 1. The maximum absolute atomic E-state index is 6.00. The van der Waals surface area contributed by atoms with Gasteiger partial charge >= 0.3 is 0 Å². The van der Waals surface area contributed by atoms with E-state index in [0.717, 1.165) is 23.4 Å². The largest absolute Gasteiger partial charge is 0.487 e. The fourth-order valence-electron chi connectivity index (χ4n) is 3.66. The molecule has 1 aliphatic carbocycles. The van der Waals surface area contributed by atoms with Crippen molar-refractivity contribution in [1.82, 2.24) is 0 Å². The SMILES string of the molecule is C=C(C)COc1cccc2c1NC(c1cccs1)C1CC=CC21. The third-order valence-electron chi connectivity index (χ3n) is 4.68. The van der Waals surface area contributed by atoms with Gasteiger partial charge in [-0.1, -0.05) is 36.9 Å². The average Bonchev–Trinajstić information content (AvgIpc) is 3.23. The van der Waals surface area contributed by atoms with E-state index < -0.39 is 0 Å². The van der Waals surface area contributed by atoms with E-state index >= 15 is 0 Å². The number of thiophene rings is 1. The van der Waals surface area contributed by atoms with Crippen molar-refractivity contribution in [3.8, 4) is 5.75 Å². The van der Waals surface area contributed by atoms with Crippen LogP contribution in [0.2, 0.25) is 0 Å². The number of allylic oxidation sites excluding steroid dienone is 2. The summed E-state index contributed by atoms with van der Waals surface area (Å²) in [6, 6.07) is 11.1. The number of fused-ring (bicyclic) bond motifs is 3. The highest BCUT2D eigenvalue weighted by Gasteiger charge is 2.39. The van der Waals surface area contributed by atoms with Gasteiger partial charge in [0.1, 0.15) is 12.4 Å². The summed E-state index contributed by atoms with van der Waals surface area (Å²) in [5.41, 5.74) is 3.54. The molecule has 0 amide bonds. The highest BCUT2D eigenvalue weighted by molar-refractivity contribution is 7.10. The molecule has 2 nitrogen and oxygen atoms in total. The normalized spacial score (nSPS) is 24.7. The van der Waals surface area contributed by atoms with E-state index in [0.29, 0.717) is 24.5 Å². The van der Waals surface area contributed by atoms with Crippen LogP contribution >= 0.6 is 11.3 Å². The van der Waals surface area contributed by atoms with Crippen LogP contribution in [0.25, 0.3) is 0 Å². The van der Waals surface area contributed by atoms with Gasteiger partial charge < -0.3 is 10.1 Å². The van der Waals surface area contributed by atoms with E-state index in [4.69, 9.17) is 4.74 Å². The Kier molecular flexibility index (Phi) is 3.74. The topological polar surface area (TPSA) is 21.3 Å². The van der Waals surface area contributed by atoms with Crippen molar-refractivity contribution in [2.45, 2.75) is 25.3 Å². The number of ether oxygens (including phenoxy) is 1. The van der Waals surface area contributed by atoms with Gasteiger partial charge in [-0.05, 0) is 47.9 Å². The maximum Gasteiger partial charge on any atom is 0.143 e. The third kappa shape index (κ3) is 2.59. The van der Waals surface area contributed by atoms with Crippen LogP contribution in [-0.2, 0) is 0 Å². The predicted molar refractivity (Wildman–Crippen MR) is 97.4 cm³/mol. The Balaban J connectivity index is 1.74. The summed E-state index contributed by atoms with van der Waals surface area (Å²) in [7, 11) is 0. The van der Waals surface area contributed by atoms with Gasteiger partial charge in [-0.2, -0.15) is 0 Å². The van der Waals surface area contributed by atoms with Crippen molar-refractivity contribution in [2.75, 3.05) is 11.9 Å². The molecule has 3 atom stereocenters. The molecule has 0 fully saturated rings. The van der Waals surface area contributed by atoms with Gasteiger partial charge in [0.25, 0.3) is 0 Å². The smallest absolute Gasteiger partial charge is 0.143 e. The van der Waals surface area contributed by atoms with Crippen molar-refractivity contribution in [3.63, 3.8) is 0 Å². The van der Waals surface area contributed by atoms with Crippen LogP contribution in [0.4, 0.5) is 5.69 Å². The number of hydrogen-bond acceptors (Lipinski definition) is 3. The lowest BCUT2D eigenvalue weighted by Gasteiger charge is -2.37. The van der Waals surface area contributed by atoms with Gasteiger partial charge in [-0.15, -0.1) is 11.3 Å². The second kappa shape index (κ2) is 5.89. The first-order valence-electron chi connectivity index (χ1n) is 8.10. The highest BCUT2D eigenvalue weighted by Crippen LogP contribution is 2.52. The first-order valence-corrected chi connectivity index (χ1v) is 8.98. The Labute approximate surface area is 141 Å². The fourth-order valence-corrected chi connectivity index (χ4v) is 4.52. The van der Waals surface area contributed by atoms with Gasteiger partial charge in [-0.3, -0.25) is 0 Å². The Morgan fingerprint density at radius 2 is 2.26 bits per heavy atom. The van der Waals surface area contributed by atoms with Crippen LogP contribution in [0, 0.1) is 5.92 Å². The minimum absolute atomic E-state index is 0.358. The summed E-state index contributed by atoms with van der Waals surface area (Å²) in [5, 5.41) is 5.94. The number of anilines is 1. The molecule has 2 heterocycles. The molecule has 0 bridgehead atoms. The van der Waals surface area contributed by atoms with Crippen LogP contribution in [-0.4, -0.2) is 6.61 Å². The zero-order valence-electron chi connectivity index (χ0n) is 13.3. The van der Waals surface area contributed by atoms with Crippen LogP contribution in [0.1, 0.15) is 35.7 Å². The predicted octanol–water partition coefficient (Wildman–Crippen LogP) is 5.53. The lowest BCUT2D eigenvalue weighted by Crippen LogP contribution is -2.28. The lowest BCUT2D eigenvalue weighted by molar-refractivity contribution is 0.349. The molecule has 1 aromatic heterocycles. The molecule has 3 unspecified atom stereocenters. The quantitative estimate of drug-likeness (QED) is 0.747. The molecular formula is C20H21NOS. The van der Waals surface area contributed by atoms with Crippen LogP contribution in [0.15, 0.2) is 60.0 Å². The molecule has 3 heteroatoms. The lowest BCUT2D eigenvalue weighted by atomic mass is 9.79. The molecule has 118 valence electrons. The van der Waals surface area contributed by atoms with E-state index in [-0.39, 0.29) is 0 Å². The molecule has 2 aliphatic rings. The summed E-state index contributed by atoms with van der Waals surface area (Å²) >= 11 is 1.83. The number of benzene rings is 1. The molecule has 23 heavy (non-hydrogen) atoms. The average molecular weight is 323 g/mol. The second-order valence-electron chi connectivity index (χ2n) is 6.46. The van der Waals surface area contributed by atoms with Gasteiger partial charge in [0.05, 0.1) is 11.7 Å². The van der Waals surface area contributed by atoms with Gasteiger partial charge in [-0.25, -0.2) is 0 Å². The summed E-state index contributed by atoms with van der Waals surface area (Å²) in [5.74, 6) is 2.01. The first kappa shape index (κ1) is 14.6. The Morgan fingerprint density at radius 1 is 1.35 bits per heavy atom. The zero-order chi connectivity index (χ0) is 15.8. The number of rotatable bonds is 4. The molecule has 0 radical (unpaired) electrons. The van der Waals surface area contributed by atoms with Crippen molar-refractivity contribution >= 4 is 17.0 Å². The summed E-state index contributed by atoms with van der Waals surface area (Å²) in [6.45, 7) is 6.49. The van der Waals surface area contributed by atoms with E-state index in [1.54, 1.807) is 0 Å². The van der Waals surface area contributed by atoms with E-state index in [9.17, 15) is 0 Å². The molecule has 4 rings (SSSR count). The van der Waals surface area contributed by atoms with Crippen molar-refractivity contribution < 1.29 is 4.74 Å². The number of nitrogens with one attached hydrogen (secondary N) is 1. The third-order valence-corrected chi connectivity index (χ3v) is 5.64. The molecule has 0 saturated carbocycles. The van der Waals surface area contributed by atoms with E-state index in [1.165, 1.54) is 10.4 Å². The van der Waals surface area contributed by atoms with E-state index in [2.05, 4.69) is 59.8 Å². The van der Waals surface area contributed by atoms with Crippen LogP contribution in [0.3, 0.4) is 0 Å². The summed E-state index contributed by atoms with van der Waals surface area (Å²) < 4.78 is 6.00. The van der Waals surface area contributed by atoms with E-state index in [1.807, 2.05) is 18.3 Å².